The van der Waals surface area contributed by atoms with Gasteiger partial charge in [-0.1, -0.05) is 102 Å². The Hall–Kier alpha value is -7.50. The van der Waals surface area contributed by atoms with Crippen LogP contribution in [0.5, 0.6) is 23.0 Å². The van der Waals surface area contributed by atoms with Gasteiger partial charge in [0.05, 0.1) is 24.9 Å². The number of oxime groups is 1. The number of aryl methyl sites for hydroxylation is 2. The van der Waals surface area contributed by atoms with Crippen molar-refractivity contribution in [2.45, 2.75) is 90.0 Å². The van der Waals surface area contributed by atoms with Crippen LogP contribution in [0.15, 0.2) is 149 Å². The van der Waals surface area contributed by atoms with E-state index in [1.807, 2.05) is 80.6 Å². The highest BCUT2D eigenvalue weighted by molar-refractivity contribution is 6.03. The Morgan fingerprint density at radius 3 is 1.35 bits per heavy atom. The van der Waals surface area contributed by atoms with Crippen molar-refractivity contribution in [1.82, 2.24) is 0 Å². The number of aliphatic imine (C=N–C) groups is 2. The van der Waals surface area contributed by atoms with E-state index in [-0.39, 0.29) is 29.8 Å². The predicted molar refractivity (Wildman–Crippen MR) is 284 cm³/mol. The molecule has 2 aliphatic heterocycles. The van der Waals surface area contributed by atoms with E-state index < -0.39 is 24.8 Å². The van der Waals surface area contributed by atoms with Crippen LogP contribution < -0.4 is 24.8 Å². The van der Waals surface area contributed by atoms with Gasteiger partial charge in [0, 0.05) is 34.4 Å². The highest BCUT2D eigenvalue weighted by Crippen LogP contribution is 2.43. The molecule has 0 aromatic heterocycles. The van der Waals surface area contributed by atoms with Gasteiger partial charge in [0.2, 0.25) is 0 Å². The molecule has 2 unspecified atom stereocenters. The second kappa shape index (κ2) is 25.1. The van der Waals surface area contributed by atoms with Gasteiger partial charge in [-0.05, 0) is 146 Å². The van der Waals surface area contributed by atoms with Gasteiger partial charge in [-0.3, -0.25) is 14.8 Å². The van der Waals surface area contributed by atoms with E-state index in [1.165, 1.54) is 26.4 Å². The Morgan fingerprint density at radius 2 is 0.961 bits per heavy atom. The fraction of sp³-hybridized carbons (Fsp3) is 0.333. The van der Waals surface area contributed by atoms with Crippen LogP contribution in [0, 0.1) is 25.7 Å². The van der Waals surface area contributed by atoms with Crippen molar-refractivity contribution < 1.29 is 59.8 Å². The molecule has 2 aliphatic carbocycles. The largest absolute Gasteiger partial charge is 0.573 e. The summed E-state index contributed by atoms with van der Waals surface area (Å²) in [5.74, 6) is 5.72. The van der Waals surface area contributed by atoms with E-state index in [0.29, 0.717) is 77.5 Å². The van der Waals surface area contributed by atoms with Crippen molar-refractivity contribution in [3.8, 4) is 45.3 Å². The quantitative estimate of drug-likeness (QED) is 0.0542. The van der Waals surface area contributed by atoms with Crippen LogP contribution in [-0.4, -0.2) is 63.1 Å². The Bertz CT molecular complexity index is 3080. The van der Waals surface area contributed by atoms with Crippen LogP contribution in [-0.2, 0) is 14.5 Å². The van der Waals surface area contributed by atoms with Gasteiger partial charge >= 0.3 is 12.7 Å². The zero-order chi connectivity index (χ0) is 54.7. The molecule has 0 saturated heterocycles. The molecular weight excluding hydrogens is 1000 g/mol. The molecule has 2 saturated carbocycles. The van der Waals surface area contributed by atoms with Crippen molar-refractivity contribution in [1.29, 1.82) is 0 Å². The molecule has 2 N–H and O–H groups in total. The summed E-state index contributed by atoms with van der Waals surface area (Å²) in [6.45, 7) is 4.38. The first kappa shape index (κ1) is 55.7. The monoisotopic (exact) mass is 1060 g/mol. The van der Waals surface area contributed by atoms with E-state index in [4.69, 9.17) is 24.3 Å². The number of rotatable bonds is 17. The summed E-state index contributed by atoms with van der Waals surface area (Å²) in [6.07, 6.45) is -2.98. The zero-order valence-corrected chi connectivity index (χ0v) is 43.1. The van der Waals surface area contributed by atoms with E-state index >= 15 is 0 Å². The smallest absolute Gasteiger partial charge is 0.488 e. The number of ether oxygens (including phenoxy) is 4. The molecule has 4 aliphatic rings. The SMILES string of the molecule is CO/N=C(\COc1ccc(-c2ccc(C3CCC(c4ccccc4C)=N3)c(OC(F)(F)F)c2)cc1)C1CC1.CON.Cc1ccccc1C1=NC(c2ccc(-c3ccc(OCC(=O)C4CC4)cc3)cc2OC(F)(F)F)CC1. The molecule has 0 bridgehead atoms. The van der Waals surface area contributed by atoms with E-state index in [9.17, 15) is 31.1 Å². The number of ketones is 1. The summed E-state index contributed by atoms with van der Waals surface area (Å²) >= 11 is 0. The minimum Gasteiger partial charge on any atom is -0.488 e. The predicted octanol–water partition coefficient (Wildman–Crippen LogP) is 14.4. The minimum atomic E-state index is -4.82. The Balaban J connectivity index is 0.000000194. The van der Waals surface area contributed by atoms with E-state index in [2.05, 4.69) is 25.4 Å². The van der Waals surface area contributed by atoms with Crippen LogP contribution in [0.3, 0.4) is 0 Å². The van der Waals surface area contributed by atoms with Crippen LogP contribution >= 0.6 is 0 Å². The standard InChI is InChI=1S/C30H29F3N2O3.C29H26F3NO3.CH5NO/c1-19-5-3-4-6-24(19)26-15-16-27(34-26)25-14-11-22(17-29(25)38-30(31,32)33)20-9-12-23(13-10-20)37-18-28(35-36-2)21-7-8-21;1-18-4-2-3-5-23(18)25-14-15-26(33-25)24-13-10-21(16-28(24)36-29(30,31)32)19-8-11-22(12-9-19)35-17-27(34)20-6-7-20;1-3-2/h3-6,9-14,17,21,27H,7-8,15-16,18H2,1-2H3;2-5,8-13,16,20,26H,6-7,14-15,17H2,1H3;2H2,1H3/b35-28+;;. The average molecular weight is 1060 g/mol. The zero-order valence-electron chi connectivity index (χ0n) is 43.1. The molecule has 0 amide bonds. The third kappa shape index (κ3) is 15.6. The first-order valence-corrected chi connectivity index (χ1v) is 25.4. The second-order valence-corrected chi connectivity index (χ2v) is 19.1. The summed E-state index contributed by atoms with van der Waals surface area (Å²) in [4.78, 5) is 30.1. The number of alkyl halides is 6. The molecule has 0 spiro atoms. The van der Waals surface area contributed by atoms with Crippen LogP contribution in [0.2, 0.25) is 0 Å². The van der Waals surface area contributed by atoms with Crippen LogP contribution in [0.4, 0.5) is 26.3 Å². The number of hydrogen-bond acceptors (Lipinski definition) is 11. The average Bonchev–Trinajstić information content (AvgIpc) is 4.36. The number of nitrogens with two attached hydrogens (primary N) is 1. The Morgan fingerprint density at radius 1 is 0.558 bits per heavy atom. The number of hydrogen-bond donors (Lipinski definition) is 1. The minimum absolute atomic E-state index is 0.0364. The lowest BCUT2D eigenvalue weighted by molar-refractivity contribution is -0.276. The van der Waals surface area contributed by atoms with Gasteiger partial charge in [0.15, 0.2) is 5.78 Å². The first-order valence-electron chi connectivity index (χ1n) is 25.4. The highest BCUT2D eigenvalue weighted by atomic mass is 19.4. The molecule has 11 nitrogen and oxygen atoms in total. The maximum Gasteiger partial charge on any atom is 0.573 e. The van der Waals surface area contributed by atoms with E-state index in [1.54, 1.807) is 54.6 Å². The molecular formula is C60H60F6N4O7. The first-order chi connectivity index (χ1) is 37.0. The van der Waals surface area contributed by atoms with Gasteiger partial charge in [0.1, 0.15) is 43.3 Å². The van der Waals surface area contributed by atoms with E-state index in [0.717, 1.165) is 70.6 Å². The second-order valence-electron chi connectivity index (χ2n) is 19.1. The maximum absolute atomic E-state index is 13.4. The topological polar surface area (TPSA) is 136 Å². The van der Waals surface area contributed by atoms with Gasteiger partial charge in [-0.25, -0.2) is 5.90 Å². The Labute approximate surface area is 443 Å². The number of Topliss-reactive ketones (excluding diaryl/α,β-unsaturated/α-hetero) is 1. The van der Waals surface area contributed by atoms with Gasteiger partial charge in [-0.15, -0.1) is 26.3 Å². The normalized spacial score (nSPS) is 17.2. The lowest BCUT2D eigenvalue weighted by atomic mass is 9.97. The van der Waals surface area contributed by atoms with Crippen molar-refractivity contribution in [3.63, 3.8) is 0 Å². The number of nitrogens with zero attached hydrogens (tertiary/aromatic N) is 3. The van der Waals surface area contributed by atoms with Crippen LogP contribution in [0.1, 0.15) is 96.8 Å². The molecule has 6 aromatic carbocycles. The Kier molecular flexibility index (Phi) is 18.2. The molecule has 77 heavy (non-hydrogen) atoms. The lowest BCUT2D eigenvalue weighted by Crippen LogP contribution is -2.18. The van der Waals surface area contributed by atoms with Crippen molar-refractivity contribution in [2.75, 3.05) is 27.4 Å². The summed E-state index contributed by atoms with van der Waals surface area (Å²) < 4.78 is 100. The molecule has 2 atom stereocenters. The van der Waals surface area contributed by atoms with Crippen molar-refractivity contribution in [2.24, 2.45) is 32.9 Å². The molecule has 6 aromatic rings. The van der Waals surface area contributed by atoms with Gasteiger partial charge < -0.3 is 28.6 Å². The number of halogens is 6. The maximum atomic E-state index is 13.4. The van der Waals surface area contributed by atoms with Crippen LogP contribution in [0.25, 0.3) is 22.3 Å². The highest BCUT2D eigenvalue weighted by Gasteiger charge is 2.36. The molecule has 10 rings (SSSR count). The summed E-state index contributed by atoms with van der Waals surface area (Å²) in [7, 11) is 2.92. The fourth-order valence-electron chi connectivity index (χ4n) is 9.31. The molecule has 0 radical (unpaired) electrons. The molecule has 17 heteroatoms. The summed E-state index contributed by atoms with van der Waals surface area (Å²) in [5.41, 5.74) is 10.4. The number of carbonyl (C=O) groups is 1. The lowest BCUT2D eigenvalue weighted by Gasteiger charge is -2.17. The van der Waals surface area contributed by atoms with Crippen molar-refractivity contribution >= 4 is 22.9 Å². The van der Waals surface area contributed by atoms with Gasteiger partial charge in [-0.2, -0.15) is 0 Å². The molecule has 404 valence electrons. The number of carbonyl (C=O) groups excluding carboxylic acids is 1. The third-order valence-corrected chi connectivity index (χ3v) is 13.5. The summed E-state index contributed by atoms with van der Waals surface area (Å²) in [5, 5.41) is 4.05. The summed E-state index contributed by atoms with van der Waals surface area (Å²) in [6, 6.07) is 38.9. The number of benzene rings is 6. The third-order valence-electron chi connectivity index (χ3n) is 13.5. The van der Waals surface area contributed by atoms with Crippen molar-refractivity contribution in [3.05, 3.63) is 167 Å². The molecule has 2 heterocycles. The molecule has 2 fully saturated rings. The van der Waals surface area contributed by atoms with Gasteiger partial charge in [0.25, 0.3) is 0 Å². The fourth-order valence-corrected chi connectivity index (χ4v) is 9.31.